The van der Waals surface area contributed by atoms with Crippen molar-refractivity contribution in [3.63, 3.8) is 0 Å². The van der Waals surface area contributed by atoms with Crippen LogP contribution in [0.15, 0.2) is 36.7 Å². The van der Waals surface area contributed by atoms with Gasteiger partial charge in [-0.3, -0.25) is 0 Å². The monoisotopic (exact) mass is 329 g/mol. The molecule has 0 spiro atoms. The number of carbonyl (C=O) groups is 1. The molecule has 7 heteroatoms. The minimum Gasteiger partial charge on any atom is -0.373 e. The van der Waals surface area contributed by atoms with E-state index in [1.807, 2.05) is 38.1 Å². The maximum Gasteiger partial charge on any atom is 0.315 e. The smallest absolute Gasteiger partial charge is 0.315 e. The number of ether oxygens (including phenoxy) is 1. The summed E-state index contributed by atoms with van der Waals surface area (Å²) in [4.78, 5) is 12.1. The van der Waals surface area contributed by atoms with Gasteiger partial charge in [0, 0.05) is 13.2 Å². The molecule has 2 atom stereocenters. The van der Waals surface area contributed by atoms with Crippen molar-refractivity contribution < 1.29 is 9.53 Å². The second-order valence-corrected chi connectivity index (χ2v) is 6.39. The van der Waals surface area contributed by atoms with Crippen LogP contribution in [0.3, 0.4) is 0 Å². The minimum absolute atomic E-state index is 0.0906. The van der Waals surface area contributed by atoms with E-state index >= 15 is 0 Å². The first-order valence-electron chi connectivity index (χ1n) is 8.21. The molecule has 1 aliphatic heterocycles. The zero-order chi connectivity index (χ0) is 17.0. The molecule has 128 valence electrons. The van der Waals surface area contributed by atoms with Gasteiger partial charge in [0.1, 0.15) is 0 Å². The molecule has 1 aliphatic rings. The van der Waals surface area contributed by atoms with Crippen molar-refractivity contribution in [1.82, 2.24) is 25.6 Å². The summed E-state index contributed by atoms with van der Waals surface area (Å²) in [5, 5.41) is 13.6. The Labute approximate surface area is 141 Å². The molecule has 0 aliphatic carbocycles. The molecule has 0 bridgehead atoms. The van der Waals surface area contributed by atoms with Crippen LogP contribution >= 0.6 is 0 Å². The van der Waals surface area contributed by atoms with Gasteiger partial charge in [0.15, 0.2) is 0 Å². The second kappa shape index (κ2) is 7.00. The van der Waals surface area contributed by atoms with Crippen LogP contribution in [0.2, 0.25) is 0 Å². The summed E-state index contributed by atoms with van der Waals surface area (Å²) in [5.74, 6) is 0. The van der Waals surface area contributed by atoms with Crippen LogP contribution in [0, 0.1) is 0 Å². The summed E-state index contributed by atoms with van der Waals surface area (Å²) in [7, 11) is 0. The molecule has 24 heavy (non-hydrogen) atoms. The van der Waals surface area contributed by atoms with Gasteiger partial charge in [-0.15, -0.1) is 5.10 Å². The van der Waals surface area contributed by atoms with Crippen molar-refractivity contribution >= 4 is 6.03 Å². The third-order valence-corrected chi connectivity index (χ3v) is 4.35. The van der Waals surface area contributed by atoms with Crippen molar-refractivity contribution in [1.29, 1.82) is 0 Å². The molecule has 2 unspecified atom stereocenters. The molecule has 2 N–H and O–H groups in total. The lowest BCUT2D eigenvalue weighted by Gasteiger charge is -2.24. The molecule has 1 fully saturated rings. The number of rotatable bonds is 5. The van der Waals surface area contributed by atoms with Gasteiger partial charge in [0.2, 0.25) is 0 Å². The number of urea groups is 1. The van der Waals surface area contributed by atoms with Crippen molar-refractivity contribution in [3.8, 4) is 5.69 Å². The third-order valence-electron chi connectivity index (χ3n) is 4.35. The van der Waals surface area contributed by atoms with Gasteiger partial charge < -0.3 is 15.4 Å². The van der Waals surface area contributed by atoms with Gasteiger partial charge in [-0.1, -0.05) is 17.3 Å². The van der Waals surface area contributed by atoms with Crippen molar-refractivity contribution in [2.75, 3.05) is 13.2 Å². The largest absolute Gasteiger partial charge is 0.373 e. The Hall–Kier alpha value is -2.41. The van der Waals surface area contributed by atoms with E-state index in [9.17, 15) is 4.79 Å². The highest BCUT2D eigenvalue weighted by Crippen LogP contribution is 2.23. The normalized spacial score (nSPS) is 21.4. The van der Waals surface area contributed by atoms with E-state index in [0.29, 0.717) is 6.54 Å². The molecule has 1 saturated heterocycles. The summed E-state index contributed by atoms with van der Waals surface area (Å²) in [6, 6.07) is 7.58. The summed E-state index contributed by atoms with van der Waals surface area (Å²) >= 11 is 0. The molecule has 2 heterocycles. The Morgan fingerprint density at radius 2 is 2.21 bits per heavy atom. The lowest BCUT2D eigenvalue weighted by atomic mass is 10.0. The summed E-state index contributed by atoms with van der Waals surface area (Å²) in [5.41, 5.74) is 1.72. The predicted molar refractivity (Wildman–Crippen MR) is 89.9 cm³/mol. The number of carbonyl (C=O) groups excluding carboxylic acids is 1. The van der Waals surface area contributed by atoms with Gasteiger partial charge in [-0.2, -0.15) is 0 Å². The summed E-state index contributed by atoms with van der Waals surface area (Å²) in [6.07, 6.45) is 5.45. The van der Waals surface area contributed by atoms with Crippen LogP contribution in [0.5, 0.6) is 0 Å². The van der Waals surface area contributed by atoms with Crippen molar-refractivity contribution in [3.05, 3.63) is 42.2 Å². The van der Waals surface area contributed by atoms with E-state index < -0.39 is 0 Å². The highest BCUT2D eigenvalue weighted by Gasteiger charge is 2.30. The van der Waals surface area contributed by atoms with Crippen LogP contribution in [0.4, 0.5) is 4.79 Å². The Morgan fingerprint density at radius 1 is 1.42 bits per heavy atom. The fourth-order valence-corrected chi connectivity index (χ4v) is 2.84. The maximum atomic E-state index is 12.1. The lowest BCUT2D eigenvalue weighted by molar-refractivity contribution is 0.0228. The van der Waals surface area contributed by atoms with Gasteiger partial charge in [0.25, 0.3) is 0 Å². The molecule has 1 aromatic carbocycles. The molecular formula is C17H23N5O2. The molecule has 7 nitrogen and oxygen atoms in total. The van der Waals surface area contributed by atoms with Crippen LogP contribution in [0.25, 0.3) is 5.69 Å². The number of aromatic nitrogens is 3. The first kappa shape index (κ1) is 16.4. The highest BCUT2D eigenvalue weighted by atomic mass is 16.5. The minimum atomic E-state index is -0.236. The van der Waals surface area contributed by atoms with Crippen LogP contribution in [0.1, 0.15) is 38.3 Å². The van der Waals surface area contributed by atoms with E-state index in [4.69, 9.17) is 4.74 Å². The van der Waals surface area contributed by atoms with Gasteiger partial charge in [0.05, 0.1) is 29.7 Å². The van der Waals surface area contributed by atoms with E-state index in [2.05, 4.69) is 20.9 Å². The van der Waals surface area contributed by atoms with Crippen molar-refractivity contribution in [2.45, 2.75) is 38.3 Å². The summed E-state index contributed by atoms with van der Waals surface area (Å²) < 4.78 is 7.36. The number of amides is 2. The predicted octanol–water partition coefficient (Wildman–Crippen LogP) is 2.20. The fourth-order valence-electron chi connectivity index (χ4n) is 2.84. The zero-order valence-electron chi connectivity index (χ0n) is 14.0. The molecule has 2 aromatic rings. The molecule has 3 rings (SSSR count). The van der Waals surface area contributed by atoms with E-state index in [1.54, 1.807) is 17.1 Å². The second-order valence-electron chi connectivity index (χ2n) is 6.39. The molecule has 2 amide bonds. The SMILES string of the molecule is CC(NC(=O)NCC1(C)CCCO1)c1ccc(-n2ccnn2)cc1. The molecule has 0 saturated carbocycles. The quantitative estimate of drug-likeness (QED) is 0.881. The Morgan fingerprint density at radius 3 is 2.83 bits per heavy atom. The first-order chi connectivity index (χ1) is 11.6. The molecule has 0 radical (unpaired) electrons. The number of hydrogen-bond acceptors (Lipinski definition) is 4. The van der Waals surface area contributed by atoms with Gasteiger partial charge >= 0.3 is 6.03 Å². The summed E-state index contributed by atoms with van der Waals surface area (Å²) in [6.45, 7) is 5.29. The topological polar surface area (TPSA) is 81.1 Å². The zero-order valence-corrected chi connectivity index (χ0v) is 14.0. The van der Waals surface area contributed by atoms with Crippen LogP contribution in [-0.2, 0) is 4.74 Å². The average Bonchev–Trinajstić information content (AvgIpc) is 3.25. The standard InChI is InChI=1S/C17H23N5O2/c1-13(20-16(23)18-12-17(2)8-3-11-24-17)14-4-6-15(7-5-14)22-10-9-19-21-22/h4-7,9-10,13H,3,8,11-12H2,1-2H3,(H2,18,20,23). The van der Waals surface area contributed by atoms with Gasteiger partial charge in [-0.05, 0) is 44.4 Å². The number of nitrogens with one attached hydrogen (secondary N) is 2. The van der Waals surface area contributed by atoms with Crippen molar-refractivity contribution in [2.24, 2.45) is 0 Å². The number of nitrogens with zero attached hydrogens (tertiary/aromatic N) is 3. The maximum absolute atomic E-state index is 12.1. The number of benzene rings is 1. The van der Waals surface area contributed by atoms with Crippen LogP contribution < -0.4 is 10.6 Å². The van der Waals surface area contributed by atoms with E-state index in [0.717, 1.165) is 30.7 Å². The first-order valence-corrected chi connectivity index (χ1v) is 8.21. The number of hydrogen-bond donors (Lipinski definition) is 2. The Kier molecular flexibility index (Phi) is 4.80. The van der Waals surface area contributed by atoms with E-state index in [-0.39, 0.29) is 17.7 Å². The average molecular weight is 329 g/mol. The lowest BCUT2D eigenvalue weighted by Crippen LogP contribution is -2.45. The highest BCUT2D eigenvalue weighted by molar-refractivity contribution is 5.74. The third kappa shape index (κ3) is 3.91. The Balaban J connectivity index is 1.52. The molecular weight excluding hydrogens is 306 g/mol. The fraction of sp³-hybridized carbons (Fsp3) is 0.471. The molecule has 1 aromatic heterocycles. The Bertz CT molecular complexity index is 663. The van der Waals surface area contributed by atoms with Gasteiger partial charge in [-0.25, -0.2) is 9.48 Å². The van der Waals surface area contributed by atoms with E-state index in [1.165, 1.54) is 0 Å². The van der Waals surface area contributed by atoms with Crippen LogP contribution in [-0.4, -0.2) is 39.8 Å².